The van der Waals surface area contributed by atoms with Crippen LogP contribution in [0.25, 0.3) is 17.0 Å². The number of hydrogen-bond donors (Lipinski definition) is 0. The van der Waals surface area contributed by atoms with Crippen LogP contribution in [0, 0.1) is 0 Å². The monoisotopic (exact) mass is 334 g/mol. The van der Waals surface area contributed by atoms with Crippen molar-refractivity contribution in [1.82, 2.24) is 18.5 Å². The van der Waals surface area contributed by atoms with Crippen molar-refractivity contribution in [2.24, 2.45) is 7.05 Å². The number of aromatic nitrogens is 4. The van der Waals surface area contributed by atoms with Gasteiger partial charge in [-0.1, -0.05) is 20.8 Å². The lowest BCUT2D eigenvalue weighted by atomic mass is 9.94. The lowest BCUT2D eigenvalue weighted by Gasteiger charge is -2.13. The molecule has 3 aromatic heterocycles. The van der Waals surface area contributed by atoms with E-state index in [4.69, 9.17) is 9.15 Å². The van der Waals surface area contributed by atoms with E-state index in [2.05, 4.69) is 4.98 Å². The minimum Gasteiger partial charge on any atom is -0.428 e. The van der Waals surface area contributed by atoms with E-state index in [1.807, 2.05) is 27.7 Å². The molecule has 8 nitrogen and oxygen atoms in total. The summed E-state index contributed by atoms with van der Waals surface area (Å²) in [6.07, 6.45) is 1.77. The first-order chi connectivity index (χ1) is 11.3. The van der Waals surface area contributed by atoms with E-state index in [1.54, 1.807) is 17.6 Å². The normalized spacial score (nSPS) is 12.5. The van der Waals surface area contributed by atoms with Gasteiger partial charge in [-0.15, -0.1) is 0 Å². The number of nitrogens with zero attached hydrogens (tertiary/aromatic N) is 4. The van der Waals surface area contributed by atoms with Crippen LogP contribution in [0.15, 0.2) is 20.2 Å². The second-order valence-corrected chi connectivity index (χ2v) is 6.78. The van der Waals surface area contributed by atoms with Crippen LogP contribution in [-0.4, -0.2) is 31.7 Å². The van der Waals surface area contributed by atoms with Crippen molar-refractivity contribution in [1.29, 1.82) is 0 Å². The summed E-state index contributed by atoms with van der Waals surface area (Å²) in [6.45, 7) is 8.95. The van der Waals surface area contributed by atoms with Crippen LogP contribution in [0.5, 0.6) is 0 Å². The topological polar surface area (TPSA) is 83.7 Å². The Morgan fingerprint density at radius 1 is 1.29 bits per heavy atom. The van der Waals surface area contributed by atoms with Crippen molar-refractivity contribution < 1.29 is 9.15 Å². The van der Waals surface area contributed by atoms with Gasteiger partial charge >= 0.3 is 11.5 Å². The molecule has 3 aromatic rings. The average molecular weight is 334 g/mol. The molecule has 0 atom stereocenters. The Morgan fingerprint density at radius 3 is 2.62 bits per heavy atom. The van der Waals surface area contributed by atoms with Crippen LogP contribution < -0.4 is 11.2 Å². The van der Waals surface area contributed by atoms with Gasteiger partial charge in [-0.3, -0.25) is 18.3 Å². The molecule has 0 saturated heterocycles. The van der Waals surface area contributed by atoms with Crippen LogP contribution in [-0.2, 0) is 23.7 Å². The highest BCUT2D eigenvalue weighted by Crippen LogP contribution is 2.26. The summed E-state index contributed by atoms with van der Waals surface area (Å²) in [5.41, 5.74) is -0.355. The van der Waals surface area contributed by atoms with Gasteiger partial charge in [0.1, 0.15) is 5.76 Å². The third-order valence-corrected chi connectivity index (χ3v) is 3.99. The quantitative estimate of drug-likeness (QED) is 0.671. The van der Waals surface area contributed by atoms with Gasteiger partial charge in [-0.25, -0.2) is 4.79 Å². The van der Waals surface area contributed by atoms with Crippen LogP contribution in [0.1, 0.15) is 33.5 Å². The second-order valence-electron chi connectivity index (χ2n) is 6.78. The Bertz CT molecular complexity index is 1010. The molecule has 0 bridgehead atoms. The molecule has 0 saturated carbocycles. The summed E-state index contributed by atoms with van der Waals surface area (Å²) < 4.78 is 15.2. The minimum absolute atomic E-state index is 0.201. The summed E-state index contributed by atoms with van der Waals surface area (Å²) in [4.78, 5) is 29.6. The van der Waals surface area contributed by atoms with Gasteiger partial charge < -0.3 is 9.15 Å². The maximum Gasteiger partial charge on any atom is 0.332 e. The van der Waals surface area contributed by atoms with Crippen LogP contribution >= 0.6 is 0 Å². The summed E-state index contributed by atoms with van der Waals surface area (Å²) in [5.74, 6) is 1.03. The van der Waals surface area contributed by atoms with Gasteiger partial charge in [0.05, 0.1) is 19.3 Å². The zero-order valence-corrected chi connectivity index (χ0v) is 14.6. The maximum atomic E-state index is 12.8. The van der Waals surface area contributed by atoms with Crippen LogP contribution in [0.2, 0.25) is 0 Å². The van der Waals surface area contributed by atoms with Crippen molar-refractivity contribution in [3.63, 3.8) is 0 Å². The number of hydrogen-bond acceptors (Lipinski definition) is 5. The maximum absolute atomic E-state index is 12.8. The first-order valence-corrected chi connectivity index (χ1v) is 7.95. The molecule has 0 aliphatic carbocycles. The molecule has 0 radical (unpaired) electrons. The molecule has 0 aliphatic rings. The van der Waals surface area contributed by atoms with Crippen molar-refractivity contribution in [3.05, 3.63) is 32.8 Å². The summed E-state index contributed by atoms with van der Waals surface area (Å²) in [5, 5.41) is 0. The van der Waals surface area contributed by atoms with Gasteiger partial charge in [-0.2, -0.15) is 4.98 Å². The standard InChI is InChI=1S/C16H22N4O4/c1-6-23-8-7-19-13(21)11-12(18(5)15(19)22)17-14-20(11)9-10(24-14)16(2,3)4/h9H,6-8H2,1-5H3. The highest BCUT2D eigenvalue weighted by Gasteiger charge is 2.24. The van der Waals surface area contributed by atoms with Crippen molar-refractivity contribution in [2.45, 2.75) is 39.7 Å². The number of imidazole rings is 1. The Hall–Kier alpha value is -2.35. The van der Waals surface area contributed by atoms with E-state index >= 15 is 0 Å². The fourth-order valence-electron chi connectivity index (χ4n) is 2.60. The number of fused-ring (bicyclic) bond motifs is 3. The number of ether oxygens (including phenoxy) is 1. The summed E-state index contributed by atoms with van der Waals surface area (Å²) in [7, 11) is 1.60. The number of oxazole rings is 1. The van der Waals surface area contributed by atoms with E-state index < -0.39 is 5.69 Å². The molecule has 24 heavy (non-hydrogen) atoms. The average Bonchev–Trinajstić information content (AvgIpc) is 3.05. The molecule has 0 N–H and O–H groups in total. The minimum atomic E-state index is -0.413. The summed E-state index contributed by atoms with van der Waals surface area (Å²) in [6, 6.07) is 0. The molecule has 0 amide bonds. The SMILES string of the molecule is CCOCCn1c(=O)c2c(nc3oc(C(C)(C)C)cn32)n(C)c1=O. The predicted molar refractivity (Wildman–Crippen MR) is 89.7 cm³/mol. The number of aryl methyl sites for hydroxylation is 1. The predicted octanol–water partition coefficient (Wildman–Crippen LogP) is 1.27. The summed E-state index contributed by atoms with van der Waals surface area (Å²) >= 11 is 0. The molecule has 0 aliphatic heterocycles. The highest BCUT2D eigenvalue weighted by molar-refractivity contribution is 5.74. The third kappa shape index (κ3) is 2.47. The Kier molecular flexibility index (Phi) is 3.87. The van der Waals surface area contributed by atoms with Crippen molar-refractivity contribution >= 4 is 17.0 Å². The first kappa shape index (κ1) is 16.5. The third-order valence-electron chi connectivity index (χ3n) is 3.99. The molecule has 3 rings (SSSR count). The van der Waals surface area contributed by atoms with E-state index in [0.29, 0.717) is 30.2 Å². The molecule has 0 spiro atoms. The Balaban J connectivity index is 2.28. The van der Waals surface area contributed by atoms with Gasteiger partial charge in [0.25, 0.3) is 5.56 Å². The number of rotatable bonds is 4. The molecule has 130 valence electrons. The van der Waals surface area contributed by atoms with E-state index in [0.717, 1.165) is 5.76 Å². The van der Waals surface area contributed by atoms with E-state index in [1.165, 1.54) is 9.13 Å². The van der Waals surface area contributed by atoms with Crippen molar-refractivity contribution in [2.75, 3.05) is 13.2 Å². The second kappa shape index (κ2) is 5.62. The fourth-order valence-corrected chi connectivity index (χ4v) is 2.60. The molecule has 0 unspecified atom stereocenters. The molecular formula is C16H22N4O4. The van der Waals surface area contributed by atoms with Gasteiger partial charge in [0, 0.05) is 19.1 Å². The van der Waals surface area contributed by atoms with E-state index in [-0.39, 0.29) is 17.5 Å². The largest absolute Gasteiger partial charge is 0.428 e. The van der Waals surface area contributed by atoms with Crippen LogP contribution in [0.3, 0.4) is 0 Å². The molecule has 0 fully saturated rings. The Morgan fingerprint density at radius 2 is 2.00 bits per heavy atom. The lowest BCUT2D eigenvalue weighted by Crippen LogP contribution is -2.40. The lowest BCUT2D eigenvalue weighted by molar-refractivity contribution is 0.137. The molecule has 3 heterocycles. The van der Waals surface area contributed by atoms with Crippen LogP contribution in [0.4, 0.5) is 0 Å². The fraction of sp³-hybridized carbons (Fsp3) is 0.562. The van der Waals surface area contributed by atoms with Crippen molar-refractivity contribution in [3.8, 4) is 0 Å². The Labute approximate surface area is 138 Å². The van der Waals surface area contributed by atoms with E-state index in [9.17, 15) is 9.59 Å². The molecule has 8 heteroatoms. The molecule has 0 aromatic carbocycles. The zero-order valence-electron chi connectivity index (χ0n) is 14.6. The highest BCUT2D eigenvalue weighted by atomic mass is 16.5. The first-order valence-electron chi connectivity index (χ1n) is 7.95. The molecular weight excluding hydrogens is 312 g/mol. The van der Waals surface area contributed by atoms with Gasteiger partial charge in [0.2, 0.25) is 0 Å². The zero-order chi connectivity index (χ0) is 17.6. The smallest absolute Gasteiger partial charge is 0.332 e. The van der Waals surface area contributed by atoms with Gasteiger partial charge in [-0.05, 0) is 6.92 Å². The van der Waals surface area contributed by atoms with Gasteiger partial charge in [0.15, 0.2) is 11.2 Å².